The molecular formula is C17H20BrNO3. The van der Waals surface area contributed by atoms with Crippen LogP contribution in [0.3, 0.4) is 0 Å². The number of hydrogen-bond acceptors (Lipinski definition) is 4. The zero-order valence-electron chi connectivity index (χ0n) is 13.1. The third-order valence-corrected chi connectivity index (χ3v) is 4.52. The highest BCUT2D eigenvalue weighted by atomic mass is 79.9. The van der Waals surface area contributed by atoms with Crippen molar-refractivity contribution in [3.8, 4) is 6.07 Å². The largest absolute Gasteiger partial charge is 0.468 e. The lowest BCUT2D eigenvalue weighted by Gasteiger charge is -2.34. The molecule has 118 valence electrons. The van der Waals surface area contributed by atoms with Gasteiger partial charge in [0.1, 0.15) is 11.7 Å². The molecule has 1 aromatic carbocycles. The number of Topliss-reactive ketones (excluding diaryl/α,β-unsaturated/α-hetero) is 1. The van der Waals surface area contributed by atoms with Gasteiger partial charge in [0, 0.05) is 10.9 Å². The number of rotatable bonds is 2. The van der Waals surface area contributed by atoms with Crippen LogP contribution in [0.25, 0.3) is 0 Å². The predicted octanol–water partition coefficient (Wildman–Crippen LogP) is 3.78. The van der Waals surface area contributed by atoms with Gasteiger partial charge >= 0.3 is 5.97 Å². The van der Waals surface area contributed by atoms with E-state index >= 15 is 0 Å². The van der Waals surface area contributed by atoms with Gasteiger partial charge in [-0.3, -0.25) is 9.59 Å². The number of esters is 1. The Morgan fingerprint density at radius 1 is 1.41 bits per heavy atom. The fourth-order valence-corrected chi connectivity index (χ4v) is 3.35. The molecule has 0 saturated heterocycles. The van der Waals surface area contributed by atoms with E-state index in [2.05, 4.69) is 26.7 Å². The van der Waals surface area contributed by atoms with E-state index in [-0.39, 0.29) is 18.6 Å². The van der Waals surface area contributed by atoms with Gasteiger partial charge in [0.25, 0.3) is 0 Å². The Bertz CT molecular complexity index is 586. The van der Waals surface area contributed by atoms with Crippen LogP contribution in [-0.2, 0) is 19.7 Å². The Labute approximate surface area is 139 Å². The van der Waals surface area contributed by atoms with E-state index in [0.717, 1.165) is 10.0 Å². The van der Waals surface area contributed by atoms with Gasteiger partial charge in [-0.2, -0.15) is 5.26 Å². The molecule has 2 rings (SSSR count). The molecular weight excluding hydrogens is 346 g/mol. The second kappa shape index (κ2) is 8.09. The van der Waals surface area contributed by atoms with Crippen LogP contribution in [0.4, 0.5) is 0 Å². The molecule has 0 heterocycles. The lowest BCUT2D eigenvalue weighted by atomic mass is 9.66. The zero-order chi connectivity index (χ0) is 16.8. The predicted molar refractivity (Wildman–Crippen MR) is 87.1 cm³/mol. The summed E-state index contributed by atoms with van der Waals surface area (Å²) in [6, 6.07) is 9.75. The van der Waals surface area contributed by atoms with E-state index in [1.54, 1.807) is 0 Å². The summed E-state index contributed by atoms with van der Waals surface area (Å²) < 4.78 is 5.50. The lowest BCUT2D eigenvalue weighted by molar-refractivity contribution is -0.151. The summed E-state index contributed by atoms with van der Waals surface area (Å²) in [6.07, 6.45) is 0.824. The third-order valence-electron chi connectivity index (χ3n) is 3.83. The van der Waals surface area contributed by atoms with Crippen molar-refractivity contribution in [2.45, 2.75) is 38.5 Å². The number of nitrogens with zero attached hydrogens (tertiary/aromatic N) is 1. The highest BCUT2D eigenvalue weighted by molar-refractivity contribution is 9.10. The van der Waals surface area contributed by atoms with Crippen LogP contribution in [0.5, 0.6) is 0 Å². The zero-order valence-corrected chi connectivity index (χ0v) is 14.6. The number of benzene rings is 1. The van der Waals surface area contributed by atoms with Crippen molar-refractivity contribution in [3.05, 3.63) is 34.3 Å². The quantitative estimate of drug-likeness (QED) is 0.590. The fourth-order valence-electron chi connectivity index (χ4n) is 2.69. The number of carbonyl (C=O) groups excluding carboxylic acids is 2. The molecule has 22 heavy (non-hydrogen) atoms. The van der Waals surface area contributed by atoms with Crippen molar-refractivity contribution < 1.29 is 14.3 Å². The normalized spacial score (nSPS) is 23.8. The van der Waals surface area contributed by atoms with Gasteiger partial charge in [-0.05, 0) is 24.5 Å². The maximum atomic E-state index is 11.9. The van der Waals surface area contributed by atoms with Crippen molar-refractivity contribution in [2.24, 2.45) is 5.92 Å². The minimum absolute atomic E-state index is 0.144. The molecule has 0 radical (unpaired) electrons. The van der Waals surface area contributed by atoms with Crippen LogP contribution in [-0.4, -0.2) is 18.9 Å². The molecule has 1 aliphatic carbocycles. The van der Waals surface area contributed by atoms with Gasteiger partial charge < -0.3 is 4.74 Å². The second-order valence-corrected chi connectivity index (χ2v) is 5.77. The van der Waals surface area contributed by atoms with Gasteiger partial charge in [-0.25, -0.2) is 0 Å². The van der Waals surface area contributed by atoms with E-state index in [4.69, 9.17) is 0 Å². The monoisotopic (exact) mass is 365 g/mol. The van der Waals surface area contributed by atoms with Crippen molar-refractivity contribution in [3.63, 3.8) is 0 Å². The first-order chi connectivity index (χ1) is 10.5. The summed E-state index contributed by atoms with van der Waals surface area (Å²) in [5, 5.41) is 9.64. The van der Waals surface area contributed by atoms with Gasteiger partial charge in [0.2, 0.25) is 0 Å². The summed E-state index contributed by atoms with van der Waals surface area (Å²) in [7, 11) is 1.26. The molecule has 0 bridgehead atoms. The fraction of sp³-hybridized carbons (Fsp3) is 0.471. The second-order valence-electron chi connectivity index (χ2n) is 4.92. The number of carbonyl (C=O) groups is 2. The number of halogens is 1. The molecule has 1 aliphatic rings. The highest BCUT2D eigenvalue weighted by Gasteiger charge is 2.45. The Kier molecular flexibility index (Phi) is 6.76. The van der Waals surface area contributed by atoms with E-state index in [1.165, 1.54) is 7.11 Å². The Balaban J connectivity index is 0.00000116. The molecule has 5 heteroatoms. The first-order valence-electron chi connectivity index (χ1n) is 7.31. The first kappa shape index (κ1) is 18.4. The van der Waals surface area contributed by atoms with E-state index < -0.39 is 17.3 Å². The molecule has 0 aliphatic heterocycles. The van der Waals surface area contributed by atoms with E-state index in [9.17, 15) is 14.9 Å². The van der Waals surface area contributed by atoms with Crippen LogP contribution in [0.2, 0.25) is 0 Å². The van der Waals surface area contributed by atoms with E-state index in [1.807, 2.05) is 38.1 Å². The minimum Gasteiger partial charge on any atom is -0.468 e. The van der Waals surface area contributed by atoms with Crippen LogP contribution in [0.1, 0.15) is 38.7 Å². The van der Waals surface area contributed by atoms with Crippen LogP contribution >= 0.6 is 15.9 Å². The number of nitriles is 1. The average Bonchev–Trinajstić information content (AvgIpc) is 2.57. The molecule has 0 amide bonds. The number of methoxy groups -OCH3 is 1. The molecule has 1 fully saturated rings. The summed E-state index contributed by atoms with van der Waals surface area (Å²) in [5.74, 6) is -1.54. The lowest BCUT2D eigenvalue weighted by Crippen LogP contribution is -2.40. The molecule has 1 aromatic rings. The summed E-state index contributed by atoms with van der Waals surface area (Å²) >= 11 is 3.44. The van der Waals surface area contributed by atoms with Crippen LogP contribution in [0.15, 0.2) is 28.7 Å². The molecule has 1 saturated carbocycles. The molecule has 0 spiro atoms. The van der Waals surface area contributed by atoms with Crippen LogP contribution < -0.4 is 0 Å². The number of hydrogen-bond donors (Lipinski definition) is 0. The molecule has 0 aromatic heterocycles. The molecule has 2 atom stereocenters. The molecule has 2 unspecified atom stereocenters. The SMILES string of the molecule is CC.COC(=O)C1CC(C#N)(c2ccccc2Br)CCC1=O. The van der Waals surface area contributed by atoms with Gasteiger partial charge in [0.05, 0.1) is 18.6 Å². The smallest absolute Gasteiger partial charge is 0.316 e. The van der Waals surface area contributed by atoms with Crippen molar-refractivity contribution in [1.29, 1.82) is 5.26 Å². The topological polar surface area (TPSA) is 67.2 Å². The number of ether oxygens (including phenoxy) is 1. The Morgan fingerprint density at radius 3 is 2.59 bits per heavy atom. The van der Waals surface area contributed by atoms with Gasteiger partial charge in [-0.1, -0.05) is 48.0 Å². The maximum absolute atomic E-state index is 11.9. The Hall–Kier alpha value is -1.67. The van der Waals surface area contributed by atoms with Gasteiger partial charge in [0.15, 0.2) is 0 Å². The number of ketones is 1. The average molecular weight is 366 g/mol. The third kappa shape index (κ3) is 3.56. The highest BCUT2D eigenvalue weighted by Crippen LogP contribution is 2.43. The van der Waals surface area contributed by atoms with Gasteiger partial charge in [-0.15, -0.1) is 0 Å². The Morgan fingerprint density at radius 2 is 2.05 bits per heavy atom. The van der Waals surface area contributed by atoms with Crippen molar-refractivity contribution >= 4 is 27.7 Å². The summed E-state index contributed by atoms with van der Waals surface area (Å²) in [4.78, 5) is 23.6. The minimum atomic E-state index is -0.847. The summed E-state index contributed by atoms with van der Waals surface area (Å²) in [6.45, 7) is 4.00. The van der Waals surface area contributed by atoms with Crippen molar-refractivity contribution in [1.82, 2.24) is 0 Å². The summed E-state index contributed by atoms with van der Waals surface area (Å²) in [5.41, 5.74) is -0.00347. The first-order valence-corrected chi connectivity index (χ1v) is 8.10. The van der Waals surface area contributed by atoms with Crippen LogP contribution in [0, 0.1) is 17.2 Å². The van der Waals surface area contributed by atoms with Crippen molar-refractivity contribution in [2.75, 3.05) is 7.11 Å². The molecule has 4 nitrogen and oxygen atoms in total. The molecule has 0 N–H and O–H groups in total. The van der Waals surface area contributed by atoms with E-state index in [0.29, 0.717) is 6.42 Å². The standard InChI is InChI=1S/C15H14BrNO3.C2H6/c1-20-14(19)10-8-15(9-17,7-6-13(10)18)11-4-2-3-5-12(11)16;1-2/h2-5,10H,6-8H2,1H3;1-2H3. The maximum Gasteiger partial charge on any atom is 0.316 e.